The van der Waals surface area contributed by atoms with E-state index in [0.29, 0.717) is 24.6 Å². The molecule has 4 rings (SSSR count). The van der Waals surface area contributed by atoms with Gasteiger partial charge >= 0.3 is 6.18 Å². The van der Waals surface area contributed by atoms with Crippen LogP contribution in [-0.2, 0) is 12.6 Å². The zero-order valence-corrected chi connectivity index (χ0v) is 15.3. The molecule has 1 N–H and O–H groups in total. The van der Waals surface area contributed by atoms with Gasteiger partial charge in [-0.3, -0.25) is 9.89 Å². The molecule has 0 aliphatic carbocycles. The molecule has 28 heavy (non-hydrogen) atoms. The molecule has 9 heteroatoms. The minimum atomic E-state index is -4.55. The van der Waals surface area contributed by atoms with Crippen molar-refractivity contribution in [3.8, 4) is 11.5 Å². The molecule has 3 heterocycles. The maximum atomic E-state index is 12.8. The summed E-state index contributed by atoms with van der Waals surface area (Å²) in [4.78, 5) is 14.3. The van der Waals surface area contributed by atoms with Gasteiger partial charge in [0.15, 0.2) is 17.2 Å². The summed E-state index contributed by atoms with van der Waals surface area (Å²) in [6.07, 6.45) is -2.13. The number of fused-ring (bicyclic) bond motifs is 1. The van der Waals surface area contributed by atoms with Gasteiger partial charge in [0.1, 0.15) is 5.69 Å². The standard InChI is InChI=1S/C19H20F3N3O3/c1-18(9-12-3-4-14-15(7-12)28-11-27-14)5-2-6-25(10-18)17(26)13-8-16(24-23-13)19(20,21)22/h3-4,7-8H,2,5-6,9-11H2,1H3,(H,23,24). The fraction of sp³-hybridized carbons (Fsp3) is 0.474. The number of hydrogen-bond donors (Lipinski definition) is 1. The maximum Gasteiger partial charge on any atom is 0.432 e. The number of carbonyl (C=O) groups excluding carboxylic acids is 1. The van der Waals surface area contributed by atoms with E-state index in [1.807, 2.05) is 23.3 Å². The topological polar surface area (TPSA) is 67.5 Å². The molecule has 0 saturated carbocycles. The summed E-state index contributed by atoms with van der Waals surface area (Å²) >= 11 is 0. The third-order valence-corrected chi connectivity index (χ3v) is 5.24. The number of aromatic amines is 1. The average molecular weight is 395 g/mol. The molecule has 1 fully saturated rings. The highest BCUT2D eigenvalue weighted by Crippen LogP contribution is 2.38. The van der Waals surface area contributed by atoms with E-state index in [4.69, 9.17) is 9.47 Å². The number of hydrogen-bond acceptors (Lipinski definition) is 4. The van der Waals surface area contributed by atoms with Crippen molar-refractivity contribution in [2.45, 2.75) is 32.4 Å². The molecule has 1 amide bonds. The van der Waals surface area contributed by atoms with Crippen LogP contribution in [0.3, 0.4) is 0 Å². The number of ether oxygens (including phenoxy) is 2. The second-order valence-corrected chi connectivity index (χ2v) is 7.67. The number of carbonyl (C=O) groups is 1. The highest BCUT2D eigenvalue weighted by Gasteiger charge is 2.37. The fourth-order valence-corrected chi connectivity index (χ4v) is 3.92. The van der Waals surface area contributed by atoms with E-state index in [-0.39, 0.29) is 17.9 Å². The van der Waals surface area contributed by atoms with Crippen LogP contribution in [0.25, 0.3) is 0 Å². The van der Waals surface area contributed by atoms with Crippen molar-refractivity contribution < 1.29 is 27.4 Å². The first kappa shape index (κ1) is 18.6. The zero-order valence-electron chi connectivity index (χ0n) is 15.3. The van der Waals surface area contributed by atoms with Crippen LogP contribution in [0.1, 0.15) is 41.5 Å². The van der Waals surface area contributed by atoms with E-state index in [1.165, 1.54) is 0 Å². The Hall–Kier alpha value is -2.71. The second kappa shape index (κ2) is 6.72. The molecule has 1 unspecified atom stereocenters. The number of amides is 1. The third kappa shape index (κ3) is 3.65. The summed E-state index contributed by atoms with van der Waals surface area (Å²) in [5, 5.41) is 5.46. The number of alkyl halides is 3. The summed E-state index contributed by atoms with van der Waals surface area (Å²) in [7, 11) is 0. The molecular formula is C19H20F3N3O3. The first-order valence-electron chi connectivity index (χ1n) is 9.04. The molecule has 150 valence electrons. The lowest BCUT2D eigenvalue weighted by atomic mass is 9.77. The quantitative estimate of drug-likeness (QED) is 0.862. The summed E-state index contributed by atoms with van der Waals surface area (Å²) < 4.78 is 49.0. The molecule has 1 aromatic carbocycles. The number of likely N-dealkylation sites (tertiary alicyclic amines) is 1. The van der Waals surface area contributed by atoms with Crippen LogP contribution in [0.2, 0.25) is 0 Å². The number of aromatic nitrogens is 2. The van der Waals surface area contributed by atoms with Gasteiger partial charge in [-0.1, -0.05) is 13.0 Å². The monoisotopic (exact) mass is 395 g/mol. The van der Waals surface area contributed by atoms with Crippen LogP contribution in [0.4, 0.5) is 13.2 Å². The van der Waals surface area contributed by atoms with Crippen molar-refractivity contribution in [2.24, 2.45) is 5.41 Å². The smallest absolute Gasteiger partial charge is 0.432 e. The Bertz CT molecular complexity index is 896. The van der Waals surface area contributed by atoms with Crippen molar-refractivity contribution in [2.75, 3.05) is 19.9 Å². The second-order valence-electron chi connectivity index (χ2n) is 7.67. The summed E-state index contributed by atoms with van der Waals surface area (Å²) in [6, 6.07) is 6.56. The van der Waals surface area contributed by atoms with Gasteiger partial charge in [0.2, 0.25) is 6.79 Å². The number of rotatable bonds is 3. The molecule has 2 aliphatic rings. The average Bonchev–Trinajstić information content (AvgIpc) is 3.29. The van der Waals surface area contributed by atoms with Gasteiger partial charge in [0.05, 0.1) is 0 Å². The van der Waals surface area contributed by atoms with E-state index < -0.39 is 17.8 Å². The molecule has 6 nitrogen and oxygen atoms in total. The Kier molecular flexibility index (Phi) is 4.47. The van der Waals surface area contributed by atoms with E-state index in [0.717, 1.165) is 30.9 Å². The predicted octanol–water partition coefficient (Wildman–Crippen LogP) is 3.64. The molecule has 1 saturated heterocycles. The number of H-pyrrole nitrogens is 1. The minimum Gasteiger partial charge on any atom is -0.454 e. The van der Waals surface area contributed by atoms with Crippen molar-refractivity contribution >= 4 is 5.91 Å². The van der Waals surface area contributed by atoms with Gasteiger partial charge in [0.25, 0.3) is 5.91 Å². The Labute approximate surface area is 159 Å². The molecule has 0 radical (unpaired) electrons. The van der Waals surface area contributed by atoms with Crippen molar-refractivity contribution in [3.05, 3.63) is 41.2 Å². The van der Waals surface area contributed by atoms with E-state index in [1.54, 1.807) is 4.90 Å². The Morgan fingerprint density at radius 3 is 2.82 bits per heavy atom. The van der Waals surface area contributed by atoms with E-state index in [2.05, 4.69) is 12.0 Å². The van der Waals surface area contributed by atoms with E-state index in [9.17, 15) is 18.0 Å². The number of halogens is 3. The third-order valence-electron chi connectivity index (χ3n) is 5.24. The van der Waals surface area contributed by atoms with Gasteiger partial charge in [-0.05, 0) is 42.4 Å². The highest BCUT2D eigenvalue weighted by molar-refractivity contribution is 5.92. The Balaban J connectivity index is 1.47. The minimum absolute atomic E-state index is 0.190. The lowest BCUT2D eigenvalue weighted by Gasteiger charge is -2.40. The van der Waals surface area contributed by atoms with Gasteiger partial charge < -0.3 is 14.4 Å². The van der Waals surface area contributed by atoms with Crippen LogP contribution >= 0.6 is 0 Å². The lowest BCUT2D eigenvalue weighted by Crippen LogP contribution is -2.45. The highest BCUT2D eigenvalue weighted by atomic mass is 19.4. The zero-order chi connectivity index (χ0) is 19.9. The lowest BCUT2D eigenvalue weighted by molar-refractivity contribution is -0.141. The SMILES string of the molecule is CC1(Cc2ccc3c(c2)OCO3)CCCN(C(=O)c2cc(C(F)(F)F)[nH]n2)C1. The molecule has 1 atom stereocenters. The summed E-state index contributed by atoms with van der Waals surface area (Å²) in [5.41, 5.74) is -0.346. The van der Waals surface area contributed by atoms with Crippen molar-refractivity contribution in [1.82, 2.24) is 15.1 Å². The molecule has 1 aromatic heterocycles. The maximum absolute atomic E-state index is 12.8. The number of nitrogens with zero attached hydrogens (tertiary/aromatic N) is 2. The van der Waals surface area contributed by atoms with Crippen LogP contribution in [-0.4, -0.2) is 40.9 Å². The van der Waals surface area contributed by atoms with E-state index >= 15 is 0 Å². The molecule has 0 spiro atoms. The van der Waals surface area contributed by atoms with Crippen LogP contribution in [0, 0.1) is 5.41 Å². The Morgan fingerprint density at radius 1 is 1.29 bits per heavy atom. The molecule has 2 aliphatic heterocycles. The van der Waals surface area contributed by atoms with Crippen molar-refractivity contribution in [1.29, 1.82) is 0 Å². The van der Waals surface area contributed by atoms with Gasteiger partial charge in [0, 0.05) is 19.2 Å². The summed E-state index contributed by atoms with van der Waals surface area (Å²) in [6.45, 7) is 3.25. The summed E-state index contributed by atoms with van der Waals surface area (Å²) in [5.74, 6) is 0.942. The van der Waals surface area contributed by atoms with Crippen LogP contribution < -0.4 is 9.47 Å². The van der Waals surface area contributed by atoms with Crippen molar-refractivity contribution in [3.63, 3.8) is 0 Å². The fourth-order valence-electron chi connectivity index (χ4n) is 3.92. The number of nitrogens with one attached hydrogen (secondary N) is 1. The van der Waals surface area contributed by atoms with Crippen LogP contribution in [0.5, 0.6) is 11.5 Å². The largest absolute Gasteiger partial charge is 0.454 e. The van der Waals surface area contributed by atoms with Gasteiger partial charge in [-0.25, -0.2) is 0 Å². The van der Waals surface area contributed by atoms with Gasteiger partial charge in [-0.2, -0.15) is 18.3 Å². The molecule has 0 bridgehead atoms. The Morgan fingerprint density at radius 2 is 2.07 bits per heavy atom. The first-order chi connectivity index (χ1) is 13.2. The molecule has 2 aromatic rings. The molecular weight excluding hydrogens is 375 g/mol. The van der Waals surface area contributed by atoms with Crippen LogP contribution in [0.15, 0.2) is 24.3 Å². The predicted molar refractivity (Wildman–Crippen MR) is 93.1 cm³/mol. The normalized spacial score (nSPS) is 21.8. The van der Waals surface area contributed by atoms with Gasteiger partial charge in [-0.15, -0.1) is 0 Å². The first-order valence-corrected chi connectivity index (χ1v) is 9.04. The number of piperidine rings is 1. The number of benzene rings is 1.